The molecule has 0 aliphatic rings. The minimum Gasteiger partial charge on any atom is -0.481 e. The van der Waals surface area contributed by atoms with E-state index in [0.717, 1.165) is 18.2 Å². The molecule has 3 nitrogen and oxygen atoms in total. The Bertz CT molecular complexity index is 354. The van der Waals surface area contributed by atoms with E-state index in [9.17, 15) is 0 Å². The Labute approximate surface area is 117 Å². The molecule has 0 spiro atoms. The lowest BCUT2D eigenvalue weighted by atomic mass is 9.89. The van der Waals surface area contributed by atoms with Crippen molar-refractivity contribution in [2.75, 3.05) is 14.2 Å². The number of rotatable bonds is 9. The highest BCUT2D eigenvalue weighted by atomic mass is 16.5. The van der Waals surface area contributed by atoms with Crippen LogP contribution in [0.1, 0.15) is 57.6 Å². The van der Waals surface area contributed by atoms with Crippen LogP contribution in [0.2, 0.25) is 0 Å². The summed E-state index contributed by atoms with van der Waals surface area (Å²) in [5.41, 5.74) is 1.17. The normalized spacial score (nSPS) is 14.1. The molecule has 108 valence electrons. The Balaban J connectivity index is 2.75. The van der Waals surface area contributed by atoms with Crippen molar-refractivity contribution in [1.29, 1.82) is 0 Å². The number of pyridine rings is 1. The number of hydrogen-bond donors (Lipinski definition) is 1. The number of methoxy groups -OCH3 is 1. The first kappa shape index (κ1) is 16.0. The van der Waals surface area contributed by atoms with E-state index < -0.39 is 0 Å². The summed E-state index contributed by atoms with van der Waals surface area (Å²) in [5.74, 6) is 1.51. The van der Waals surface area contributed by atoms with Crippen molar-refractivity contribution in [1.82, 2.24) is 10.3 Å². The molecular formula is C16H28N2O. The number of aromatic nitrogens is 1. The largest absolute Gasteiger partial charge is 0.481 e. The second-order valence-corrected chi connectivity index (χ2v) is 5.10. The molecule has 1 heterocycles. The maximum atomic E-state index is 5.37. The summed E-state index contributed by atoms with van der Waals surface area (Å²) in [6, 6.07) is 4.42. The smallest absolute Gasteiger partial charge is 0.217 e. The molecule has 0 aliphatic heterocycles. The standard InChI is InChI=1S/C16H28N2O/c1-5-7-9-13(6-2)12-15(17-3)14-10-8-11-18-16(14)19-4/h8,10-11,13,15,17H,5-7,9,12H2,1-4H3. The van der Waals surface area contributed by atoms with Crippen LogP contribution in [0.5, 0.6) is 5.88 Å². The average Bonchev–Trinajstić information content (AvgIpc) is 2.47. The SMILES string of the molecule is CCCCC(CC)CC(NC)c1cccnc1OC. The lowest BCUT2D eigenvalue weighted by molar-refractivity contribution is 0.345. The van der Waals surface area contributed by atoms with Gasteiger partial charge in [0.05, 0.1) is 7.11 Å². The fraction of sp³-hybridized carbons (Fsp3) is 0.688. The molecule has 0 radical (unpaired) electrons. The number of hydrogen-bond acceptors (Lipinski definition) is 3. The van der Waals surface area contributed by atoms with Gasteiger partial charge in [-0.1, -0.05) is 45.6 Å². The molecule has 0 amide bonds. The molecular weight excluding hydrogens is 236 g/mol. The van der Waals surface area contributed by atoms with Crippen LogP contribution < -0.4 is 10.1 Å². The summed E-state index contributed by atoms with van der Waals surface area (Å²) in [6.45, 7) is 4.54. The summed E-state index contributed by atoms with van der Waals surface area (Å²) in [5, 5.41) is 3.41. The first-order valence-electron chi connectivity index (χ1n) is 7.42. The molecule has 0 fully saturated rings. The summed E-state index contributed by atoms with van der Waals surface area (Å²) in [6.07, 6.45) is 8.07. The van der Waals surface area contributed by atoms with Gasteiger partial charge in [-0.25, -0.2) is 4.98 Å². The molecule has 2 unspecified atom stereocenters. The zero-order chi connectivity index (χ0) is 14.1. The second kappa shape index (κ2) is 8.92. The Kier molecular flexibility index (Phi) is 7.49. The monoisotopic (exact) mass is 264 g/mol. The molecule has 2 atom stereocenters. The minimum atomic E-state index is 0.324. The van der Waals surface area contributed by atoms with E-state index in [4.69, 9.17) is 4.74 Å². The van der Waals surface area contributed by atoms with Gasteiger partial charge in [0.25, 0.3) is 0 Å². The van der Waals surface area contributed by atoms with Crippen molar-refractivity contribution < 1.29 is 4.74 Å². The molecule has 1 rings (SSSR count). The van der Waals surface area contributed by atoms with Crippen molar-refractivity contribution in [2.45, 2.75) is 52.0 Å². The van der Waals surface area contributed by atoms with Crippen LogP contribution >= 0.6 is 0 Å². The van der Waals surface area contributed by atoms with Gasteiger partial charge in [-0.05, 0) is 25.5 Å². The fourth-order valence-electron chi connectivity index (χ4n) is 2.55. The molecule has 1 N–H and O–H groups in total. The topological polar surface area (TPSA) is 34.2 Å². The lowest BCUT2D eigenvalue weighted by Gasteiger charge is -2.23. The van der Waals surface area contributed by atoms with Crippen molar-refractivity contribution in [3.63, 3.8) is 0 Å². The molecule has 19 heavy (non-hydrogen) atoms. The highest BCUT2D eigenvalue weighted by Gasteiger charge is 2.19. The van der Waals surface area contributed by atoms with Gasteiger partial charge in [-0.2, -0.15) is 0 Å². The third-order valence-corrected chi connectivity index (χ3v) is 3.83. The predicted octanol–water partition coefficient (Wildman–Crippen LogP) is 3.96. The van der Waals surface area contributed by atoms with Crippen LogP contribution in [0, 0.1) is 5.92 Å². The van der Waals surface area contributed by atoms with Crippen molar-refractivity contribution in [3.8, 4) is 5.88 Å². The minimum absolute atomic E-state index is 0.324. The maximum Gasteiger partial charge on any atom is 0.217 e. The van der Waals surface area contributed by atoms with E-state index in [0.29, 0.717) is 6.04 Å². The van der Waals surface area contributed by atoms with Gasteiger partial charge in [0.2, 0.25) is 5.88 Å². The van der Waals surface area contributed by atoms with Gasteiger partial charge in [0, 0.05) is 17.8 Å². The molecule has 0 saturated heterocycles. The zero-order valence-electron chi connectivity index (χ0n) is 12.8. The van der Waals surface area contributed by atoms with Crippen LogP contribution in [0.4, 0.5) is 0 Å². The third-order valence-electron chi connectivity index (χ3n) is 3.83. The van der Waals surface area contributed by atoms with Gasteiger partial charge in [-0.3, -0.25) is 0 Å². The molecule has 1 aromatic rings. The quantitative estimate of drug-likeness (QED) is 0.733. The number of unbranched alkanes of at least 4 members (excludes halogenated alkanes) is 1. The Morgan fingerprint density at radius 1 is 1.37 bits per heavy atom. The van der Waals surface area contributed by atoms with Crippen molar-refractivity contribution in [3.05, 3.63) is 23.9 Å². The number of ether oxygens (including phenoxy) is 1. The van der Waals surface area contributed by atoms with Gasteiger partial charge in [0.1, 0.15) is 0 Å². The predicted molar refractivity (Wildman–Crippen MR) is 80.5 cm³/mol. The number of nitrogens with zero attached hydrogens (tertiary/aromatic N) is 1. The molecule has 3 heteroatoms. The molecule has 0 aromatic carbocycles. The summed E-state index contributed by atoms with van der Waals surface area (Å²) < 4.78 is 5.37. The van der Waals surface area contributed by atoms with Crippen LogP contribution in [0.15, 0.2) is 18.3 Å². The third kappa shape index (κ3) is 4.83. The number of nitrogens with one attached hydrogen (secondary N) is 1. The van der Waals surface area contributed by atoms with Gasteiger partial charge >= 0.3 is 0 Å². The molecule has 1 aromatic heterocycles. The molecule has 0 saturated carbocycles. The highest BCUT2D eigenvalue weighted by Crippen LogP contribution is 2.30. The fourth-order valence-corrected chi connectivity index (χ4v) is 2.55. The Hall–Kier alpha value is -1.09. The Morgan fingerprint density at radius 3 is 2.74 bits per heavy atom. The molecule has 0 bridgehead atoms. The zero-order valence-corrected chi connectivity index (χ0v) is 12.8. The van der Waals surface area contributed by atoms with Gasteiger partial charge in [0.15, 0.2) is 0 Å². The summed E-state index contributed by atoms with van der Waals surface area (Å²) in [7, 11) is 3.70. The van der Waals surface area contributed by atoms with E-state index in [2.05, 4.69) is 30.2 Å². The lowest BCUT2D eigenvalue weighted by Crippen LogP contribution is -2.21. The van der Waals surface area contributed by atoms with E-state index in [-0.39, 0.29) is 0 Å². The van der Waals surface area contributed by atoms with Crippen LogP contribution in [-0.2, 0) is 0 Å². The van der Waals surface area contributed by atoms with E-state index in [1.165, 1.54) is 31.2 Å². The van der Waals surface area contributed by atoms with Crippen LogP contribution in [0.25, 0.3) is 0 Å². The van der Waals surface area contributed by atoms with E-state index in [1.54, 1.807) is 13.3 Å². The highest BCUT2D eigenvalue weighted by molar-refractivity contribution is 5.28. The maximum absolute atomic E-state index is 5.37. The Morgan fingerprint density at radius 2 is 2.16 bits per heavy atom. The van der Waals surface area contributed by atoms with Gasteiger partial charge < -0.3 is 10.1 Å². The average molecular weight is 264 g/mol. The summed E-state index contributed by atoms with van der Waals surface area (Å²) >= 11 is 0. The van der Waals surface area contributed by atoms with Crippen LogP contribution in [-0.4, -0.2) is 19.1 Å². The van der Waals surface area contributed by atoms with Crippen molar-refractivity contribution >= 4 is 0 Å². The van der Waals surface area contributed by atoms with E-state index in [1.807, 2.05) is 13.1 Å². The summed E-state index contributed by atoms with van der Waals surface area (Å²) in [4.78, 5) is 4.30. The van der Waals surface area contributed by atoms with Crippen LogP contribution in [0.3, 0.4) is 0 Å². The van der Waals surface area contributed by atoms with Gasteiger partial charge in [-0.15, -0.1) is 0 Å². The second-order valence-electron chi connectivity index (χ2n) is 5.10. The molecule has 0 aliphatic carbocycles. The first-order valence-corrected chi connectivity index (χ1v) is 7.42. The van der Waals surface area contributed by atoms with Crippen molar-refractivity contribution in [2.24, 2.45) is 5.92 Å². The first-order chi connectivity index (χ1) is 9.26. The van der Waals surface area contributed by atoms with E-state index >= 15 is 0 Å².